The smallest absolute Gasteiger partial charge is 0.406 e. The number of halogens is 4. The highest BCUT2D eigenvalue weighted by molar-refractivity contribution is 14.0. The van der Waals surface area contributed by atoms with Crippen LogP contribution in [-0.4, -0.2) is 45.2 Å². The fraction of sp³-hybridized carbons (Fsp3) is 0.562. The Morgan fingerprint density at radius 2 is 1.80 bits per heavy atom. The summed E-state index contributed by atoms with van der Waals surface area (Å²) in [4.78, 5) is 4.36. The van der Waals surface area contributed by atoms with Crippen molar-refractivity contribution in [3.63, 3.8) is 0 Å². The molecule has 0 aliphatic heterocycles. The summed E-state index contributed by atoms with van der Waals surface area (Å²) < 4.78 is 45.4. The molecule has 5 nitrogen and oxygen atoms in total. The highest BCUT2D eigenvalue weighted by Gasteiger charge is 2.30. The van der Waals surface area contributed by atoms with Crippen molar-refractivity contribution in [1.29, 1.82) is 0 Å². The van der Waals surface area contributed by atoms with Crippen molar-refractivity contribution in [2.24, 2.45) is 4.99 Å². The minimum absolute atomic E-state index is 0. The van der Waals surface area contributed by atoms with Gasteiger partial charge in [0.1, 0.15) is 5.75 Å². The van der Waals surface area contributed by atoms with Crippen molar-refractivity contribution in [3.05, 3.63) is 29.8 Å². The number of benzene rings is 1. The quantitative estimate of drug-likeness (QED) is 0.249. The fourth-order valence-electron chi connectivity index (χ4n) is 1.89. The zero-order valence-electron chi connectivity index (χ0n) is 14.4. The molecule has 0 heterocycles. The minimum Gasteiger partial charge on any atom is -0.406 e. The first-order valence-electron chi connectivity index (χ1n) is 7.89. The van der Waals surface area contributed by atoms with Gasteiger partial charge >= 0.3 is 6.36 Å². The highest BCUT2D eigenvalue weighted by Crippen LogP contribution is 2.22. The summed E-state index contributed by atoms with van der Waals surface area (Å²) >= 11 is 0. The van der Waals surface area contributed by atoms with Gasteiger partial charge in [0.2, 0.25) is 0 Å². The average molecular weight is 475 g/mol. The van der Waals surface area contributed by atoms with Crippen LogP contribution in [0.4, 0.5) is 13.2 Å². The highest BCUT2D eigenvalue weighted by atomic mass is 127. The third kappa shape index (κ3) is 11.9. The van der Waals surface area contributed by atoms with Gasteiger partial charge in [-0.3, -0.25) is 4.99 Å². The zero-order chi connectivity index (χ0) is 17.8. The number of nitrogens with one attached hydrogen (secondary N) is 2. The molecule has 1 rings (SSSR count). The Kier molecular flexibility index (Phi) is 12.4. The van der Waals surface area contributed by atoms with Crippen molar-refractivity contribution in [1.82, 2.24) is 10.6 Å². The molecular formula is C16H25F3IN3O2. The van der Waals surface area contributed by atoms with Gasteiger partial charge in [-0.1, -0.05) is 12.1 Å². The lowest BCUT2D eigenvalue weighted by molar-refractivity contribution is -0.274. The second kappa shape index (κ2) is 13.0. The predicted molar refractivity (Wildman–Crippen MR) is 103 cm³/mol. The number of rotatable bonds is 9. The summed E-state index contributed by atoms with van der Waals surface area (Å²) in [6, 6.07) is 5.85. The first kappa shape index (κ1) is 23.8. The van der Waals surface area contributed by atoms with E-state index in [1.54, 1.807) is 12.1 Å². The maximum absolute atomic E-state index is 12.1. The van der Waals surface area contributed by atoms with E-state index in [9.17, 15) is 13.2 Å². The van der Waals surface area contributed by atoms with Crippen LogP contribution in [-0.2, 0) is 11.2 Å². The lowest BCUT2D eigenvalue weighted by Gasteiger charge is -2.12. The van der Waals surface area contributed by atoms with Gasteiger partial charge < -0.3 is 20.1 Å². The molecule has 1 aromatic rings. The van der Waals surface area contributed by atoms with Crippen LogP contribution < -0.4 is 15.4 Å². The Morgan fingerprint density at radius 1 is 1.12 bits per heavy atom. The lowest BCUT2D eigenvalue weighted by Crippen LogP contribution is -2.38. The molecule has 1 aromatic carbocycles. The van der Waals surface area contributed by atoms with E-state index in [4.69, 9.17) is 4.74 Å². The van der Waals surface area contributed by atoms with E-state index in [0.717, 1.165) is 12.1 Å². The molecule has 2 N–H and O–H groups in total. The van der Waals surface area contributed by atoms with Crippen LogP contribution in [0.5, 0.6) is 5.75 Å². The number of guanidine groups is 1. The SMILES string of the molecule is CCNC(=NCCOCC)NCCc1ccc(OC(F)(F)F)cc1.I. The van der Waals surface area contributed by atoms with Gasteiger partial charge in [0.25, 0.3) is 0 Å². The van der Waals surface area contributed by atoms with Gasteiger partial charge in [-0.25, -0.2) is 0 Å². The van der Waals surface area contributed by atoms with E-state index in [1.807, 2.05) is 13.8 Å². The van der Waals surface area contributed by atoms with Crippen molar-refractivity contribution in [3.8, 4) is 5.75 Å². The van der Waals surface area contributed by atoms with E-state index in [-0.39, 0.29) is 29.7 Å². The topological polar surface area (TPSA) is 54.9 Å². The molecule has 144 valence electrons. The predicted octanol–water partition coefficient (Wildman–Crippen LogP) is 3.34. The van der Waals surface area contributed by atoms with E-state index in [0.29, 0.717) is 38.7 Å². The number of ether oxygens (including phenoxy) is 2. The van der Waals surface area contributed by atoms with Crippen molar-refractivity contribution in [2.45, 2.75) is 26.6 Å². The Balaban J connectivity index is 0.00000576. The minimum atomic E-state index is -4.66. The van der Waals surface area contributed by atoms with E-state index < -0.39 is 6.36 Å². The Morgan fingerprint density at radius 3 is 2.36 bits per heavy atom. The first-order valence-corrected chi connectivity index (χ1v) is 7.89. The summed E-state index contributed by atoms with van der Waals surface area (Å²) in [5.41, 5.74) is 0.905. The summed E-state index contributed by atoms with van der Waals surface area (Å²) in [7, 11) is 0. The van der Waals surface area contributed by atoms with E-state index in [2.05, 4.69) is 20.4 Å². The number of hydrogen-bond donors (Lipinski definition) is 2. The van der Waals surface area contributed by atoms with Crippen LogP contribution in [0.2, 0.25) is 0 Å². The van der Waals surface area contributed by atoms with E-state index >= 15 is 0 Å². The molecule has 0 atom stereocenters. The maximum Gasteiger partial charge on any atom is 0.573 e. The average Bonchev–Trinajstić information content (AvgIpc) is 2.52. The van der Waals surface area contributed by atoms with Crippen LogP contribution in [0.3, 0.4) is 0 Å². The molecule has 0 aromatic heterocycles. The molecule has 0 bridgehead atoms. The molecule has 9 heteroatoms. The van der Waals surface area contributed by atoms with Gasteiger partial charge in [0.05, 0.1) is 13.2 Å². The molecule has 0 saturated heterocycles. The van der Waals surface area contributed by atoms with Gasteiger partial charge in [-0.15, -0.1) is 37.1 Å². The molecule has 0 unspecified atom stereocenters. The molecular weight excluding hydrogens is 450 g/mol. The third-order valence-corrected chi connectivity index (χ3v) is 2.92. The molecule has 0 amide bonds. The van der Waals surface area contributed by atoms with Crippen molar-refractivity contribution >= 4 is 29.9 Å². The maximum atomic E-state index is 12.1. The van der Waals surface area contributed by atoms with Crippen LogP contribution in [0.15, 0.2) is 29.3 Å². The Labute approximate surface area is 163 Å². The van der Waals surface area contributed by atoms with Gasteiger partial charge in [0, 0.05) is 19.7 Å². The van der Waals surface area contributed by atoms with Crippen LogP contribution >= 0.6 is 24.0 Å². The molecule has 0 radical (unpaired) electrons. The van der Waals surface area contributed by atoms with Gasteiger partial charge in [-0.2, -0.15) is 0 Å². The Bertz CT molecular complexity index is 496. The standard InChI is InChI=1S/C16H24F3N3O2.HI/c1-3-20-15(22-11-12-23-4-2)21-10-9-13-5-7-14(8-6-13)24-16(17,18)19;/h5-8H,3-4,9-12H2,1-2H3,(H2,20,21,22);1H. The number of nitrogens with zero attached hydrogens (tertiary/aromatic N) is 1. The molecule has 0 spiro atoms. The monoisotopic (exact) mass is 475 g/mol. The van der Waals surface area contributed by atoms with Crippen LogP contribution in [0.25, 0.3) is 0 Å². The van der Waals surface area contributed by atoms with Gasteiger partial charge in [0.15, 0.2) is 5.96 Å². The number of hydrogen-bond acceptors (Lipinski definition) is 3. The second-order valence-electron chi connectivity index (χ2n) is 4.83. The Hall–Kier alpha value is -1.23. The third-order valence-electron chi connectivity index (χ3n) is 2.92. The molecule has 0 aliphatic rings. The fourth-order valence-corrected chi connectivity index (χ4v) is 1.89. The summed E-state index contributed by atoms with van der Waals surface area (Å²) in [6.45, 7) is 7.04. The van der Waals surface area contributed by atoms with Crippen molar-refractivity contribution in [2.75, 3.05) is 32.8 Å². The first-order chi connectivity index (χ1) is 11.4. The second-order valence-corrected chi connectivity index (χ2v) is 4.83. The lowest BCUT2D eigenvalue weighted by atomic mass is 10.1. The van der Waals surface area contributed by atoms with Gasteiger partial charge in [-0.05, 0) is 38.0 Å². The molecule has 25 heavy (non-hydrogen) atoms. The summed E-state index contributed by atoms with van der Waals surface area (Å²) in [5.74, 6) is 0.472. The summed E-state index contributed by atoms with van der Waals surface area (Å²) in [6.07, 6.45) is -4.01. The zero-order valence-corrected chi connectivity index (χ0v) is 16.7. The molecule has 0 saturated carbocycles. The number of aliphatic imine (C=N–C) groups is 1. The van der Waals surface area contributed by atoms with Crippen LogP contribution in [0.1, 0.15) is 19.4 Å². The normalized spacial score (nSPS) is 11.6. The molecule has 0 aliphatic carbocycles. The largest absolute Gasteiger partial charge is 0.573 e. The number of alkyl halides is 3. The molecule has 0 fully saturated rings. The summed E-state index contributed by atoms with van der Waals surface area (Å²) in [5, 5.41) is 6.29. The van der Waals surface area contributed by atoms with Crippen molar-refractivity contribution < 1.29 is 22.6 Å². The van der Waals surface area contributed by atoms with Crippen LogP contribution in [0, 0.1) is 0 Å². The van der Waals surface area contributed by atoms with E-state index in [1.165, 1.54) is 12.1 Å².